The summed E-state index contributed by atoms with van der Waals surface area (Å²) in [7, 11) is 0. The van der Waals surface area contributed by atoms with Crippen molar-refractivity contribution in [1.29, 1.82) is 0 Å². The van der Waals surface area contributed by atoms with Crippen molar-refractivity contribution in [1.82, 2.24) is 4.31 Å². The van der Waals surface area contributed by atoms with E-state index in [0.29, 0.717) is 24.4 Å². The number of nitrogens with zero attached hydrogens (tertiary/aromatic N) is 1. The zero-order valence-corrected chi connectivity index (χ0v) is 17.6. The molecule has 0 aromatic heterocycles. The molecule has 4 rings (SSSR count). The van der Waals surface area contributed by atoms with Gasteiger partial charge in [-0.25, -0.2) is 8.70 Å². The number of benzene rings is 3. The third-order valence-corrected chi connectivity index (χ3v) is 6.17. The van der Waals surface area contributed by atoms with Gasteiger partial charge in [-0.3, -0.25) is 4.79 Å². The minimum absolute atomic E-state index is 0.264. The lowest BCUT2D eigenvalue weighted by Gasteiger charge is -2.49. The van der Waals surface area contributed by atoms with Crippen LogP contribution in [0.3, 0.4) is 0 Å². The Morgan fingerprint density at radius 1 is 1.10 bits per heavy atom. The Kier molecular flexibility index (Phi) is 6.27. The first-order valence-electron chi connectivity index (χ1n) is 9.94. The number of nitrogens with two attached hydrogens (primary N) is 1. The molecule has 1 saturated heterocycles. The van der Waals surface area contributed by atoms with Crippen molar-refractivity contribution in [2.75, 3.05) is 13.1 Å². The van der Waals surface area contributed by atoms with Crippen LogP contribution in [0.2, 0.25) is 0 Å². The molecule has 0 amide bonds. The summed E-state index contributed by atoms with van der Waals surface area (Å²) in [4.78, 5) is 12.0. The molecular formula is C24H23FN2O3S. The monoisotopic (exact) mass is 438 g/mol. The van der Waals surface area contributed by atoms with E-state index in [0.717, 1.165) is 10.5 Å². The highest BCUT2D eigenvalue weighted by molar-refractivity contribution is 7.97. The molecule has 7 heteroatoms. The molecule has 3 aromatic carbocycles. The van der Waals surface area contributed by atoms with Gasteiger partial charge in [-0.15, -0.1) is 0 Å². The predicted octanol–water partition coefficient (Wildman–Crippen LogP) is 4.08. The summed E-state index contributed by atoms with van der Waals surface area (Å²) in [5.74, 6) is -0.610. The SMILES string of the molecule is NC(Cc1cccc(SN2CC(Oc3ccccc3)(c3ccccc3F)C2)c1)C(=O)O. The topological polar surface area (TPSA) is 75.8 Å². The molecule has 0 bridgehead atoms. The molecule has 0 spiro atoms. The molecule has 1 heterocycles. The van der Waals surface area contributed by atoms with Gasteiger partial charge in [0.15, 0.2) is 5.60 Å². The molecule has 160 valence electrons. The average Bonchev–Trinajstić information content (AvgIpc) is 2.73. The summed E-state index contributed by atoms with van der Waals surface area (Å²) < 4.78 is 23.0. The maximum Gasteiger partial charge on any atom is 0.320 e. The van der Waals surface area contributed by atoms with Gasteiger partial charge < -0.3 is 15.6 Å². The zero-order chi connectivity index (χ0) is 21.8. The van der Waals surface area contributed by atoms with Crippen LogP contribution in [0, 0.1) is 5.82 Å². The number of carboxylic acid groups (broad SMARTS) is 1. The van der Waals surface area contributed by atoms with Crippen molar-refractivity contribution in [2.45, 2.75) is 23.0 Å². The second kappa shape index (κ2) is 9.09. The van der Waals surface area contributed by atoms with E-state index in [4.69, 9.17) is 15.6 Å². The van der Waals surface area contributed by atoms with Crippen LogP contribution in [0.1, 0.15) is 11.1 Å². The summed E-state index contributed by atoms with van der Waals surface area (Å²) in [6.07, 6.45) is 0.264. The zero-order valence-electron chi connectivity index (χ0n) is 16.8. The molecule has 0 saturated carbocycles. The predicted molar refractivity (Wildman–Crippen MR) is 118 cm³/mol. The van der Waals surface area contributed by atoms with Crippen molar-refractivity contribution in [2.24, 2.45) is 5.73 Å². The van der Waals surface area contributed by atoms with E-state index in [-0.39, 0.29) is 12.2 Å². The van der Waals surface area contributed by atoms with Crippen LogP contribution >= 0.6 is 11.9 Å². The number of ether oxygens (including phenoxy) is 1. The first-order chi connectivity index (χ1) is 14.9. The number of halogens is 1. The van der Waals surface area contributed by atoms with E-state index in [1.807, 2.05) is 60.7 Å². The van der Waals surface area contributed by atoms with Crippen molar-refractivity contribution < 1.29 is 19.0 Å². The number of aliphatic carboxylic acids is 1. The summed E-state index contributed by atoms with van der Waals surface area (Å²) >= 11 is 1.54. The highest BCUT2D eigenvalue weighted by atomic mass is 32.2. The van der Waals surface area contributed by atoms with Gasteiger partial charge in [0, 0.05) is 10.5 Å². The minimum Gasteiger partial charge on any atom is -0.480 e. The second-order valence-electron chi connectivity index (χ2n) is 7.57. The number of para-hydroxylation sites is 1. The van der Waals surface area contributed by atoms with E-state index in [1.165, 1.54) is 18.0 Å². The van der Waals surface area contributed by atoms with Gasteiger partial charge in [0.2, 0.25) is 0 Å². The summed E-state index contributed by atoms with van der Waals surface area (Å²) in [6, 6.07) is 22.9. The molecule has 31 heavy (non-hydrogen) atoms. The average molecular weight is 439 g/mol. The largest absolute Gasteiger partial charge is 0.480 e. The first kappa shape index (κ1) is 21.4. The van der Waals surface area contributed by atoms with Crippen molar-refractivity contribution in [3.05, 3.63) is 95.8 Å². The lowest BCUT2D eigenvalue weighted by atomic mass is 9.87. The number of carboxylic acids is 1. The second-order valence-corrected chi connectivity index (χ2v) is 8.75. The van der Waals surface area contributed by atoms with Crippen LogP contribution in [0.5, 0.6) is 5.75 Å². The summed E-state index contributed by atoms with van der Waals surface area (Å²) in [5.41, 5.74) is 6.28. The number of hydrogen-bond acceptors (Lipinski definition) is 5. The molecule has 1 fully saturated rings. The van der Waals surface area contributed by atoms with Crippen LogP contribution < -0.4 is 10.5 Å². The Balaban J connectivity index is 1.49. The molecule has 1 aliphatic rings. The van der Waals surface area contributed by atoms with E-state index in [2.05, 4.69) is 4.31 Å². The summed E-state index contributed by atoms with van der Waals surface area (Å²) in [6.45, 7) is 1.01. The molecule has 1 aliphatic heterocycles. The molecular weight excluding hydrogens is 415 g/mol. The van der Waals surface area contributed by atoms with Gasteiger partial charge in [-0.1, -0.05) is 48.5 Å². The van der Waals surface area contributed by atoms with Crippen LogP contribution in [0.15, 0.2) is 83.8 Å². The minimum atomic E-state index is -1.02. The fourth-order valence-electron chi connectivity index (χ4n) is 3.64. The highest BCUT2D eigenvalue weighted by Crippen LogP contribution is 2.43. The van der Waals surface area contributed by atoms with E-state index in [1.54, 1.807) is 12.1 Å². The quantitative estimate of drug-likeness (QED) is 0.516. The van der Waals surface area contributed by atoms with Crippen LogP contribution in [-0.2, 0) is 16.8 Å². The Labute approximate surface area is 184 Å². The van der Waals surface area contributed by atoms with E-state index in [9.17, 15) is 9.18 Å². The molecule has 0 aliphatic carbocycles. The maximum absolute atomic E-state index is 14.6. The van der Waals surface area contributed by atoms with Gasteiger partial charge >= 0.3 is 5.97 Å². The van der Waals surface area contributed by atoms with Crippen LogP contribution in [0.4, 0.5) is 4.39 Å². The van der Waals surface area contributed by atoms with Crippen molar-refractivity contribution >= 4 is 17.9 Å². The number of rotatable bonds is 8. The van der Waals surface area contributed by atoms with Crippen LogP contribution in [0.25, 0.3) is 0 Å². The molecule has 3 N–H and O–H groups in total. The molecule has 0 radical (unpaired) electrons. The Hall–Kier alpha value is -2.87. The van der Waals surface area contributed by atoms with Gasteiger partial charge in [-0.05, 0) is 54.3 Å². The van der Waals surface area contributed by atoms with Crippen LogP contribution in [-0.4, -0.2) is 34.5 Å². The fourth-order valence-corrected chi connectivity index (χ4v) is 4.83. The molecule has 1 atom stereocenters. The Bertz CT molecular complexity index is 1060. The Morgan fingerprint density at radius 3 is 2.52 bits per heavy atom. The van der Waals surface area contributed by atoms with E-state index < -0.39 is 17.6 Å². The summed E-state index contributed by atoms with van der Waals surface area (Å²) in [5, 5.41) is 9.03. The van der Waals surface area contributed by atoms with Gasteiger partial charge in [-0.2, -0.15) is 0 Å². The lowest BCUT2D eigenvalue weighted by Crippen LogP contribution is -2.60. The smallest absolute Gasteiger partial charge is 0.320 e. The highest BCUT2D eigenvalue weighted by Gasteiger charge is 2.49. The molecule has 1 unspecified atom stereocenters. The van der Waals surface area contributed by atoms with Crippen molar-refractivity contribution in [3.63, 3.8) is 0 Å². The van der Waals surface area contributed by atoms with Crippen molar-refractivity contribution in [3.8, 4) is 5.75 Å². The van der Waals surface area contributed by atoms with Gasteiger partial charge in [0.1, 0.15) is 17.6 Å². The third-order valence-electron chi connectivity index (χ3n) is 5.19. The normalized spacial score (nSPS) is 16.3. The van der Waals surface area contributed by atoms with E-state index >= 15 is 0 Å². The Morgan fingerprint density at radius 2 is 1.81 bits per heavy atom. The molecule has 3 aromatic rings. The van der Waals surface area contributed by atoms with Gasteiger partial charge in [0.05, 0.1) is 13.1 Å². The number of hydrogen-bond donors (Lipinski definition) is 2. The number of carbonyl (C=O) groups is 1. The van der Waals surface area contributed by atoms with Gasteiger partial charge in [0.25, 0.3) is 0 Å². The fraction of sp³-hybridized carbons (Fsp3) is 0.208. The maximum atomic E-state index is 14.6. The first-order valence-corrected chi connectivity index (χ1v) is 10.7. The standard InChI is InChI=1S/C24H23FN2O3S/c25-21-12-5-4-11-20(21)24(30-18-8-2-1-3-9-18)15-27(16-24)31-19-10-6-7-17(13-19)14-22(26)23(28)29/h1-13,22H,14-16,26H2,(H,28,29). The lowest BCUT2D eigenvalue weighted by molar-refractivity contribution is -0.138. The third kappa shape index (κ3) is 4.90. The molecule has 5 nitrogen and oxygen atoms in total.